The number of carbonyl (C=O) groups is 2. The van der Waals surface area contributed by atoms with E-state index in [1.54, 1.807) is 23.9 Å². The number of hydrogen-bond acceptors (Lipinski definition) is 5. The van der Waals surface area contributed by atoms with Gasteiger partial charge in [0.25, 0.3) is 0 Å². The lowest BCUT2D eigenvalue weighted by atomic mass is 10.1. The number of methoxy groups -OCH3 is 1. The minimum absolute atomic E-state index is 0.155. The maximum Gasteiger partial charge on any atom is 0.337 e. The van der Waals surface area contributed by atoms with Gasteiger partial charge in [-0.1, -0.05) is 12.1 Å². The van der Waals surface area contributed by atoms with Crippen LogP contribution in [0.2, 0.25) is 0 Å². The molecule has 0 amide bonds. The number of nitrogens with zero attached hydrogens (tertiary/aromatic N) is 1. The molecule has 0 spiro atoms. The second-order valence-corrected chi connectivity index (χ2v) is 8.12. The van der Waals surface area contributed by atoms with Gasteiger partial charge in [-0.25, -0.2) is 4.79 Å². The van der Waals surface area contributed by atoms with Crippen LogP contribution in [0.25, 0.3) is 0 Å². The zero-order valence-corrected chi connectivity index (χ0v) is 17.5. The molecule has 0 N–H and O–H groups in total. The number of ketones is 1. The van der Waals surface area contributed by atoms with E-state index >= 15 is 0 Å². The predicted octanol–water partition coefficient (Wildman–Crippen LogP) is 4.19. The van der Waals surface area contributed by atoms with Gasteiger partial charge in [-0.3, -0.25) is 4.79 Å². The van der Waals surface area contributed by atoms with Crippen LogP contribution < -0.4 is 0 Å². The molecule has 0 bridgehead atoms. The standard InChI is InChI=1S/C22H27NO4S/c1-15-11-20(16(2)23(15)12-19-5-4-10-27-19)21(24)14-28-13-17-6-8-18(9-7-17)22(25)26-3/h6-9,11,19H,4-5,10,12-14H2,1-3H3. The molecule has 0 aliphatic carbocycles. The monoisotopic (exact) mass is 401 g/mol. The van der Waals surface area contributed by atoms with E-state index < -0.39 is 0 Å². The number of benzene rings is 1. The van der Waals surface area contributed by atoms with E-state index in [9.17, 15) is 9.59 Å². The number of aromatic nitrogens is 1. The lowest BCUT2D eigenvalue weighted by molar-refractivity contribution is 0.0600. The first-order chi connectivity index (χ1) is 13.5. The molecule has 1 aliphatic rings. The number of rotatable bonds is 8. The van der Waals surface area contributed by atoms with E-state index in [4.69, 9.17) is 9.47 Å². The topological polar surface area (TPSA) is 57.5 Å². The van der Waals surface area contributed by atoms with Crippen LogP contribution in [0.15, 0.2) is 30.3 Å². The van der Waals surface area contributed by atoms with Crippen LogP contribution in [-0.4, -0.2) is 41.9 Å². The molecule has 1 aromatic heterocycles. The van der Waals surface area contributed by atoms with Gasteiger partial charge in [-0.05, 0) is 50.5 Å². The van der Waals surface area contributed by atoms with Gasteiger partial charge in [-0.2, -0.15) is 0 Å². The average Bonchev–Trinajstić information content (AvgIpc) is 3.31. The number of Topliss-reactive ketones (excluding diaryl/α,β-unsaturated/α-hetero) is 1. The Balaban J connectivity index is 1.55. The summed E-state index contributed by atoms with van der Waals surface area (Å²) in [4.78, 5) is 24.2. The normalized spacial score (nSPS) is 16.3. The summed E-state index contributed by atoms with van der Waals surface area (Å²) in [5.41, 5.74) is 4.56. The molecule has 1 saturated heterocycles. The van der Waals surface area contributed by atoms with Crippen molar-refractivity contribution in [2.24, 2.45) is 0 Å². The van der Waals surface area contributed by atoms with E-state index in [0.717, 1.165) is 54.3 Å². The van der Waals surface area contributed by atoms with Crippen LogP contribution in [0.1, 0.15) is 50.5 Å². The van der Waals surface area contributed by atoms with Gasteiger partial charge in [0.2, 0.25) is 0 Å². The highest BCUT2D eigenvalue weighted by Gasteiger charge is 2.21. The van der Waals surface area contributed by atoms with E-state index in [0.29, 0.717) is 11.3 Å². The highest BCUT2D eigenvalue weighted by atomic mass is 32.2. The largest absolute Gasteiger partial charge is 0.465 e. The summed E-state index contributed by atoms with van der Waals surface area (Å²) in [5, 5.41) is 0. The second-order valence-electron chi connectivity index (χ2n) is 7.13. The van der Waals surface area contributed by atoms with E-state index in [2.05, 4.69) is 11.5 Å². The third kappa shape index (κ3) is 4.86. The van der Waals surface area contributed by atoms with E-state index in [1.165, 1.54) is 7.11 Å². The Labute approximate surface area is 170 Å². The summed E-state index contributed by atoms with van der Waals surface area (Å²) in [5.74, 6) is 0.973. The maximum absolute atomic E-state index is 12.7. The number of esters is 1. The first-order valence-electron chi connectivity index (χ1n) is 9.56. The Kier molecular flexibility index (Phi) is 6.97. The molecule has 1 aromatic carbocycles. The molecule has 3 rings (SSSR count). The van der Waals surface area contributed by atoms with Gasteiger partial charge >= 0.3 is 5.97 Å². The first-order valence-corrected chi connectivity index (χ1v) is 10.7. The molecule has 1 fully saturated rings. The van der Waals surface area contributed by atoms with Crippen LogP contribution in [0, 0.1) is 13.8 Å². The van der Waals surface area contributed by atoms with Crippen LogP contribution >= 0.6 is 11.8 Å². The number of carbonyl (C=O) groups excluding carboxylic acids is 2. The van der Waals surface area contributed by atoms with Gasteiger partial charge in [0.15, 0.2) is 5.78 Å². The molecule has 6 heteroatoms. The van der Waals surface area contributed by atoms with Crippen molar-refractivity contribution in [3.05, 3.63) is 58.4 Å². The fourth-order valence-electron chi connectivity index (χ4n) is 3.55. The summed E-state index contributed by atoms with van der Waals surface area (Å²) in [6, 6.07) is 9.30. The molecule has 1 aliphatic heterocycles. The Hall–Kier alpha value is -2.05. The first kappa shape index (κ1) is 20.7. The Morgan fingerprint density at radius 1 is 1.25 bits per heavy atom. The minimum Gasteiger partial charge on any atom is -0.465 e. The second kappa shape index (κ2) is 9.43. The van der Waals surface area contributed by atoms with Gasteiger partial charge in [0.1, 0.15) is 0 Å². The predicted molar refractivity (Wildman–Crippen MR) is 111 cm³/mol. The third-order valence-electron chi connectivity index (χ3n) is 5.16. The third-order valence-corrected chi connectivity index (χ3v) is 6.16. The highest BCUT2D eigenvalue weighted by Crippen LogP contribution is 2.22. The molecular weight excluding hydrogens is 374 g/mol. The van der Waals surface area contributed by atoms with Crippen LogP contribution in [-0.2, 0) is 21.8 Å². The Morgan fingerprint density at radius 2 is 2.00 bits per heavy atom. The van der Waals surface area contributed by atoms with Crippen molar-refractivity contribution in [3.8, 4) is 0 Å². The number of ether oxygens (including phenoxy) is 2. The summed E-state index contributed by atoms with van der Waals surface area (Å²) in [6.07, 6.45) is 2.47. The summed E-state index contributed by atoms with van der Waals surface area (Å²) in [7, 11) is 1.37. The number of thioether (sulfide) groups is 1. The molecule has 0 radical (unpaired) electrons. The number of hydrogen-bond donors (Lipinski definition) is 0. The van der Waals surface area contributed by atoms with Crippen LogP contribution in [0.4, 0.5) is 0 Å². The molecule has 1 unspecified atom stereocenters. The molecule has 1 atom stereocenters. The zero-order chi connectivity index (χ0) is 20.1. The summed E-state index contributed by atoms with van der Waals surface area (Å²) in [6.45, 7) is 5.73. The molecule has 2 heterocycles. The van der Waals surface area contributed by atoms with E-state index in [1.807, 2.05) is 25.1 Å². The Morgan fingerprint density at radius 3 is 2.64 bits per heavy atom. The minimum atomic E-state index is -0.340. The van der Waals surface area contributed by atoms with Crippen LogP contribution in [0.5, 0.6) is 0 Å². The molecule has 5 nitrogen and oxygen atoms in total. The maximum atomic E-state index is 12.7. The lowest BCUT2D eigenvalue weighted by Crippen LogP contribution is -2.17. The molecule has 28 heavy (non-hydrogen) atoms. The summed E-state index contributed by atoms with van der Waals surface area (Å²) >= 11 is 1.59. The van der Waals surface area contributed by atoms with E-state index in [-0.39, 0.29) is 17.9 Å². The molecular formula is C22H27NO4S. The van der Waals surface area contributed by atoms with Crippen molar-refractivity contribution in [2.45, 2.75) is 45.1 Å². The quantitative estimate of drug-likeness (QED) is 0.490. The van der Waals surface area contributed by atoms with Crippen molar-refractivity contribution in [1.29, 1.82) is 0 Å². The van der Waals surface area contributed by atoms with Crippen molar-refractivity contribution in [1.82, 2.24) is 4.57 Å². The fourth-order valence-corrected chi connectivity index (χ4v) is 4.42. The zero-order valence-electron chi connectivity index (χ0n) is 16.7. The molecule has 2 aromatic rings. The van der Waals surface area contributed by atoms with Gasteiger partial charge in [0.05, 0.1) is 24.5 Å². The SMILES string of the molecule is COC(=O)c1ccc(CSCC(=O)c2cc(C)n(CC3CCCO3)c2C)cc1. The fraction of sp³-hybridized carbons (Fsp3) is 0.455. The molecule has 150 valence electrons. The van der Waals surface area contributed by atoms with Crippen molar-refractivity contribution >= 4 is 23.5 Å². The highest BCUT2D eigenvalue weighted by molar-refractivity contribution is 7.99. The van der Waals surface area contributed by atoms with Crippen molar-refractivity contribution in [3.63, 3.8) is 0 Å². The smallest absolute Gasteiger partial charge is 0.337 e. The summed E-state index contributed by atoms with van der Waals surface area (Å²) < 4.78 is 12.7. The number of aryl methyl sites for hydroxylation is 1. The van der Waals surface area contributed by atoms with Gasteiger partial charge in [0, 0.05) is 35.9 Å². The van der Waals surface area contributed by atoms with Crippen molar-refractivity contribution in [2.75, 3.05) is 19.5 Å². The lowest BCUT2D eigenvalue weighted by Gasteiger charge is -2.14. The van der Waals surface area contributed by atoms with Crippen molar-refractivity contribution < 1.29 is 19.1 Å². The van der Waals surface area contributed by atoms with Crippen LogP contribution in [0.3, 0.4) is 0 Å². The Bertz CT molecular complexity index is 835. The average molecular weight is 402 g/mol. The van der Waals surface area contributed by atoms with Gasteiger partial charge in [-0.15, -0.1) is 11.8 Å². The molecule has 0 saturated carbocycles. The van der Waals surface area contributed by atoms with Gasteiger partial charge < -0.3 is 14.0 Å².